The van der Waals surface area contributed by atoms with Gasteiger partial charge in [-0.05, 0) is 50.1 Å². The molecule has 33 heavy (non-hydrogen) atoms. The Morgan fingerprint density at radius 3 is 2.85 bits per heavy atom. The standard InChI is InChI=1S/C22H22ClN3O4S3/c1-3-11-26-17-8-7-16(30-4-2)13-18(17)31-22(26)24-21(27)15-6-5-12-25(14-15)33(28,29)20-10-9-19(23)32-20/h1,7-10,13,15H,4-6,11-12,14H2,2H3. The first kappa shape index (κ1) is 24.0. The van der Waals surface area contributed by atoms with Gasteiger partial charge in [-0.25, -0.2) is 8.42 Å². The van der Waals surface area contributed by atoms with Crippen LogP contribution < -0.4 is 9.54 Å². The number of fused-ring (bicyclic) bond motifs is 1. The number of aromatic nitrogens is 1. The SMILES string of the molecule is C#CCn1c(=NC(=O)C2CCCN(S(=O)(=O)c3ccc(Cl)s3)C2)sc2cc(OCC)ccc21. The third-order valence-electron chi connectivity index (χ3n) is 5.30. The Labute approximate surface area is 205 Å². The molecule has 1 unspecified atom stereocenters. The van der Waals surface area contributed by atoms with Gasteiger partial charge in [0.1, 0.15) is 9.96 Å². The Kier molecular flexibility index (Phi) is 7.26. The lowest BCUT2D eigenvalue weighted by molar-refractivity contribution is -0.122. The molecule has 3 aromatic rings. The van der Waals surface area contributed by atoms with Crippen LogP contribution in [0, 0.1) is 18.3 Å². The largest absolute Gasteiger partial charge is 0.494 e. The minimum Gasteiger partial charge on any atom is -0.494 e. The third-order valence-corrected chi connectivity index (χ3v) is 9.90. The van der Waals surface area contributed by atoms with Crippen LogP contribution in [0.25, 0.3) is 10.2 Å². The van der Waals surface area contributed by atoms with E-state index in [4.69, 9.17) is 22.8 Å². The van der Waals surface area contributed by atoms with Crippen molar-refractivity contribution < 1.29 is 17.9 Å². The highest BCUT2D eigenvalue weighted by Crippen LogP contribution is 2.31. The summed E-state index contributed by atoms with van der Waals surface area (Å²) in [6.45, 7) is 3.19. The number of hydrogen-bond acceptors (Lipinski definition) is 6. The first-order valence-corrected chi connectivity index (χ1v) is 13.8. The number of thiazole rings is 1. The second kappa shape index (κ2) is 9.99. The summed E-state index contributed by atoms with van der Waals surface area (Å²) in [5.74, 6) is 2.48. The van der Waals surface area contributed by atoms with Crippen molar-refractivity contribution in [1.82, 2.24) is 8.87 Å². The molecule has 0 radical (unpaired) electrons. The fraction of sp³-hybridized carbons (Fsp3) is 0.364. The van der Waals surface area contributed by atoms with Gasteiger partial charge in [-0.3, -0.25) is 4.79 Å². The van der Waals surface area contributed by atoms with E-state index in [-0.39, 0.29) is 23.2 Å². The Balaban J connectivity index is 1.63. The van der Waals surface area contributed by atoms with Crippen molar-refractivity contribution in [3.63, 3.8) is 0 Å². The van der Waals surface area contributed by atoms with E-state index in [0.29, 0.717) is 35.1 Å². The van der Waals surface area contributed by atoms with Gasteiger partial charge in [0.25, 0.3) is 15.9 Å². The van der Waals surface area contributed by atoms with Crippen LogP contribution in [0.15, 0.2) is 39.5 Å². The second-order valence-corrected chi connectivity index (χ2v) is 12.3. The van der Waals surface area contributed by atoms with Crippen LogP contribution >= 0.6 is 34.3 Å². The topological polar surface area (TPSA) is 81.0 Å². The summed E-state index contributed by atoms with van der Waals surface area (Å²) in [6.07, 6.45) is 6.71. The van der Waals surface area contributed by atoms with Gasteiger partial charge >= 0.3 is 0 Å². The quantitative estimate of drug-likeness (QED) is 0.458. The molecule has 1 amide bonds. The number of carbonyl (C=O) groups excluding carboxylic acids is 1. The van der Waals surface area contributed by atoms with Gasteiger partial charge in [0.15, 0.2) is 4.80 Å². The molecular formula is C22H22ClN3O4S3. The number of rotatable bonds is 6. The second-order valence-electron chi connectivity index (χ2n) is 7.45. The number of thiophene rings is 1. The van der Waals surface area contributed by atoms with Crippen molar-refractivity contribution in [3.05, 3.63) is 39.5 Å². The van der Waals surface area contributed by atoms with Crippen molar-refractivity contribution in [2.75, 3.05) is 19.7 Å². The lowest BCUT2D eigenvalue weighted by atomic mass is 9.99. The molecule has 174 valence electrons. The molecule has 2 aromatic heterocycles. The minimum absolute atomic E-state index is 0.0920. The van der Waals surface area contributed by atoms with E-state index in [1.54, 1.807) is 6.07 Å². The van der Waals surface area contributed by atoms with Crippen LogP contribution in [-0.2, 0) is 21.4 Å². The van der Waals surface area contributed by atoms with Gasteiger partial charge in [0.2, 0.25) is 0 Å². The fourth-order valence-electron chi connectivity index (χ4n) is 3.75. The summed E-state index contributed by atoms with van der Waals surface area (Å²) in [5, 5.41) is 0. The molecule has 0 aliphatic carbocycles. The highest BCUT2D eigenvalue weighted by Gasteiger charge is 2.34. The number of terminal acetylenes is 1. The van der Waals surface area contributed by atoms with Crippen LogP contribution in [0.4, 0.5) is 0 Å². The zero-order valence-corrected chi connectivity index (χ0v) is 21.1. The van der Waals surface area contributed by atoms with Gasteiger partial charge in [-0.2, -0.15) is 9.30 Å². The zero-order valence-electron chi connectivity index (χ0n) is 17.9. The molecule has 0 N–H and O–H groups in total. The zero-order chi connectivity index (χ0) is 23.6. The maximum atomic E-state index is 13.1. The van der Waals surface area contributed by atoms with Gasteiger partial charge in [-0.1, -0.05) is 28.9 Å². The van der Waals surface area contributed by atoms with Crippen LogP contribution in [0.5, 0.6) is 5.75 Å². The molecule has 7 nitrogen and oxygen atoms in total. The van der Waals surface area contributed by atoms with Crippen LogP contribution in [-0.4, -0.2) is 42.9 Å². The average Bonchev–Trinajstić information content (AvgIpc) is 3.38. The Hall–Kier alpha value is -2.16. The van der Waals surface area contributed by atoms with E-state index in [1.165, 1.54) is 21.7 Å². The smallest absolute Gasteiger partial charge is 0.252 e. The molecule has 1 aliphatic heterocycles. The van der Waals surface area contributed by atoms with Crippen molar-refractivity contribution in [2.45, 2.75) is 30.5 Å². The molecule has 1 atom stereocenters. The van der Waals surface area contributed by atoms with Crippen molar-refractivity contribution in [3.8, 4) is 18.1 Å². The summed E-state index contributed by atoms with van der Waals surface area (Å²) >= 11 is 8.29. The highest BCUT2D eigenvalue weighted by atomic mass is 35.5. The monoisotopic (exact) mass is 523 g/mol. The number of nitrogens with zero attached hydrogens (tertiary/aromatic N) is 3. The molecule has 1 aliphatic rings. The maximum Gasteiger partial charge on any atom is 0.252 e. The van der Waals surface area contributed by atoms with Crippen LogP contribution in [0.2, 0.25) is 4.34 Å². The molecule has 4 rings (SSSR count). The summed E-state index contributed by atoms with van der Waals surface area (Å²) in [7, 11) is -3.70. The number of piperidine rings is 1. The maximum absolute atomic E-state index is 13.1. The Morgan fingerprint density at radius 1 is 1.33 bits per heavy atom. The summed E-state index contributed by atoms with van der Waals surface area (Å²) < 4.78 is 36.2. The summed E-state index contributed by atoms with van der Waals surface area (Å²) in [4.78, 5) is 18.0. The van der Waals surface area contributed by atoms with Crippen molar-refractivity contribution >= 4 is 60.4 Å². The van der Waals surface area contributed by atoms with Gasteiger partial charge in [-0.15, -0.1) is 17.8 Å². The molecule has 1 fully saturated rings. The highest BCUT2D eigenvalue weighted by molar-refractivity contribution is 7.91. The predicted octanol–water partition coefficient (Wildman–Crippen LogP) is 3.98. The fourth-order valence-corrected chi connectivity index (χ4v) is 7.98. The van der Waals surface area contributed by atoms with Gasteiger partial charge in [0.05, 0.1) is 33.6 Å². The van der Waals surface area contributed by atoms with Crippen molar-refractivity contribution in [1.29, 1.82) is 0 Å². The molecule has 3 heterocycles. The average molecular weight is 524 g/mol. The molecule has 11 heteroatoms. The van der Waals surface area contributed by atoms with E-state index in [1.807, 2.05) is 29.7 Å². The Bertz CT molecular complexity index is 1400. The van der Waals surface area contributed by atoms with Crippen molar-refractivity contribution in [2.24, 2.45) is 10.9 Å². The normalized spacial score (nSPS) is 17.8. The first-order valence-electron chi connectivity index (χ1n) is 10.4. The number of ether oxygens (including phenoxy) is 1. The summed E-state index contributed by atoms with van der Waals surface area (Å²) in [6, 6.07) is 8.72. The number of sulfonamides is 1. The number of halogens is 1. The minimum atomic E-state index is -3.70. The van der Waals surface area contributed by atoms with Crippen LogP contribution in [0.1, 0.15) is 19.8 Å². The van der Waals surface area contributed by atoms with E-state index in [9.17, 15) is 13.2 Å². The molecule has 1 aromatic carbocycles. The Morgan fingerprint density at radius 2 is 2.15 bits per heavy atom. The van der Waals surface area contributed by atoms with Crippen LogP contribution in [0.3, 0.4) is 0 Å². The number of benzene rings is 1. The number of hydrogen-bond donors (Lipinski definition) is 0. The molecular weight excluding hydrogens is 502 g/mol. The number of carbonyl (C=O) groups is 1. The van der Waals surface area contributed by atoms with E-state index in [0.717, 1.165) is 27.3 Å². The van der Waals surface area contributed by atoms with E-state index >= 15 is 0 Å². The van der Waals surface area contributed by atoms with Gasteiger partial charge in [0, 0.05) is 13.1 Å². The predicted molar refractivity (Wildman–Crippen MR) is 131 cm³/mol. The van der Waals surface area contributed by atoms with E-state index in [2.05, 4.69) is 10.9 Å². The third kappa shape index (κ3) is 5.03. The molecule has 0 saturated carbocycles. The lowest BCUT2D eigenvalue weighted by Gasteiger charge is -2.29. The van der Waals surface area contributed by atoms with Gasteiger partial charge < -0.3 is 9.30 Å². The summed E-state index contributed by atoms with van der Waals surface area (Å²) in [5.41, 5.74) is 0.871. The lowest BCUT2D eigenvalue weighted by Crippen LogP contribution is -2.42. The number of amides is 1. The molecule has 0 bridgehead atoms. The molecule has 1 saturated heterocycles. The molecule has 0 spiro atoms. The van der Waals surface area contributed by atoms with E-state index < -0.39 is 15.9 Å². The first-order chi connectivity index (χ1) is 15.8.